The van der Waals surface area contributed by atoms with Crippen LogP contribution in [0.5, 0.6) is 0 Å². The van der Waals surface area contributed by atoms with E-state index in [9.17, 15) is 9.18 Å². The summed E-state index contributed by atoms with van der Waals surface area (Å²) in [6, 6.07) is 7.08. The third kappa shape index (κ3) is 2.30. The minimum absolute atomic E-state index is 0.0240. The van der Waals surface area contributed by atoms with Crippen LogP contribution < -0.4 is 0 Å². The first-order valence-corrected chi connectivity index (χ1v) is 4.03. The van der Waals surface area contributed by atoms with Gasteiger partial charge in [-0.3, -0.25) is 4.79 Å². The fourth-order valence-electron chi connectivity index (χ4n) is 0.991. The summed E-state index contributed by atoms with van der Waals surface area (Å²) in [5.74, 6) is -0.670. The maximum Gasteiger partial charge on any atom is 0.254 e. The Morgan fingerprint density at radius 2 is 2.07 bits per heavy atom. The van der Waals surface area contributed by atoms with Crippen molar-refractivity contribution in [3.63, 3.8) is 0 Å². The van der Waals surface area contributed by atoms with E-state index < -0.39 is 0 Å². The summed E-state index contributed by atoms with van der Waals surface area (Å²) in [6.45, 7) is 0.0240. The van der Waals surface area contributed by atoms with E-state index in [1.54, 1.807) is 0 Å². The maximum absolute atomic E-state index is 12.5. The zero-order valence-electron chi connectivity index (χ0n) is 7.70. The van der Waals surface area contributed by atoms with Crippen LogP contribution in [-0.4, -0.2) is 24.4 Å². The van der Waals surface area contributed by atoms with Crippen LogP contribution in [0.4, 0.5) is 4.39 Å². The van der Waals surface area contributed by atoms with Gasteiger partial charge in [0.05, 0.1) is 6.07 Å². The highest BCUT2D eigenvalue weighted by molar-refractivity contribution is 5.94. The van der Waals surface area contributed by atoms with Crippen LogP contribution in [0.15, 0.2) is 24.3 Å². The van der Waals surface area contributed by atoms with Gasteiger partial charge >= 0.3 is 0 Å². The summed E-state index contributed by atoms with van der Waals surface area (Å²) >= 11 is 0. The van der Waals surface area contributed by atoms with Crippen molar-refractivity contribution < 1.29 is 9.18 Å². The Kier molecular flexibility index (Phi) is 3.19. The largest absolute Gasteiger partial charge is 0.328 e. The van der Waals surface area contributed by atoms with Crippen molar-refractivity contribution in [3.05, 3.63) is 35.6 Å². The van der Waals surface area contributed by atoms with Crippen LogP contribution in [0.1, 0.15) is 10.4 Å². The molecule has 1 aromatic carbocycles. The monoisotopic (exact) mass is 192 g/mol. The molecule has 0 N–H and O–H groups in total. The third-order valence-corrected chi connectivity index (χ3v) is 1.75. The minimum Gasteiger partial charge on any atom is -0.328 e. The van der Waals surface area contributed by atoms with E-state index in [1.807, 2.05) is 6.07 Å². The third-order valence-electron chi connectivity index (χ3n) is 1.75. The quantitative estimate of drug-likeness (QED) is 0.665. The summed E-state index contributed by atoms with van der Waals surface area (Å²) in [6.07, 6.45) is 0. The van der Waals surface area contributed by atoms with Crippen molar-refractivity contribution in [2.75, 3.05) is 13.6 Å². The predicted octanol–water partition coefficient (Wildman–Crippen LogP) is 1.42. The molecule has 0 atom stereocenters. The average Bonchev–Trinajstić information content (AvgIpc) is 2.18. The molecule has 0 unspecified atom stereocenters. The fourth-order valence-corrected chi connectivity index (χ4v) is 0.991. The first-order chi connectivity index (χ1) is 6.65. The Balaban J connectivity index is 2.80. The molecule has 0 aliphatic carbocycles. The van der Waals surface area contributed by atoms with Crippen molar-refractivity contribution in [2.45, 2.75) is 0 Å². The summed E-state index contributed by atoms with van der Waals surface area (Å²) in [4.78, 5) is 12.8. The van der Waals surface area contributed by atoms with Crippen LogP contribution in [0.3, 0.4) is 0 Å². The molecule has 0 fully saturated rings. The van der Waals surface area contributed by atoms with Crippen LogP contribution in [0.25, 0.3) is 0 Å². The highest BCUT2D eigenvalue weighted by atomic mass is 19.1. The zero-order valence-corrected chi connectivity index (χ0v) is 7.70. The van der Waals surface area contributed by atoms with Gasteiger partial charge in [-0.15, -0.1) is 0 Å². The molecular formula is C10H9FN2O. The van der Waals surface area contributed by atoms with Crippen molar-refractivity contribution >= 4 is 5.91 Å². The Bertz CT molecular complexity index is 367. The van der Waals surface area contributed by atoms with Gasteiger partial charge in [0.1, 0.15) is 12.4 Å². The molecule has 3 nitrogen and oxygen atoms in total. The van der Waals surface area contributed by atoms with E-state index >= 15 is 0 Å². The lowest BCUT2D eigenvalue weighted by Gasteiger charge is -2.12. The standard InChI is InChI=1S/C10H9FN2O/c1-13(7-6-12)10(14)8-2-4-9(11)5-3-8/h2-5H,7H2,1H3. The zero-order chi connectivity index (χ0) is 10.6. The number of halogens is 1. The van der Waals surface area contributed by atoms with E-state index in [2.05, 4.69) is 0 Å². The molecule has 0 aliphatic rings. The van der Waals surface area contributed by atoms with Crippen LogP contribution >= 0.6 is 0 Å². The number of hydrogen-bond donors (Lipinski definition) is 0. The maximum atomic E-state index is 12.5. The van der Waals surface area contributed by atoms with Crippen LogP contribution in [0.2, 0.25) is 0 Å². The summed E-state index contributed by atoms with van der Waals surface area (Å²) < 4.78 is 12.5. The minimum atomic E-state index is -0.385. The van der Waals surface area contributed by atoms with E-state index in [1.165, 1.54) is 36.2 Å². The molecule has 1 rings (SSSR count). The molecule has 0 saturated heterocycles. The molecule has 1 aromatic rings. The molecule has 72 valence electrons. The highest BCUT2D eigenvalue weighted by Crippen LogP contribution is 2.05. The lowest BCUT2D eigenvalue weighted by molar-refractivity contribution is 0.0812. The van der Waals surface area contributed by atoms with Gasteiger partial charge in [0.25, 0.3) is 5.91 Å². The summed E-state index contributed by atoms with van der Waals surface area (Å²) in [5, 5.41) is 8.37. The topological polar surface area (TPSA) is 44.1 Å². The molecule has 0 saturated carbocycles. The van der Waals surface area contributed by atoms with Gasteiger partial charge in [0.15, 0.2) is 0 Å². The van der Waals surface area contributed by atoms with Crippen molar-refractivity contribution in [1.29, 1.82) is 5.26 Å². The SMILES string of the molecule is CN(CC#N)C(=O)c1ccc(F)cc1. The first-order valence-electron chi connectivity index (χ1n) is 4.03. The number of benzene rings is 1. The van der Waals surface area contributed by atoms with Gasteiger partial charge in [-0.05, 0) is 24.3 Å². The van der Waals surface area contributed by atoms with E-state index in [-0.39, 0.29) is 18.3 Å². The lowest BCUT2D eigenvalue weighted by atomic mass is 10.2. The highest BCUT2D eigenvalue weighted by Gasteiger charge is 2.10. The molecule has 0 heterocycles. The second kappa shape index (κ2) is 4.38. The van der Waals surface area contributed by atoms with Crippen molar-refractivity contribution in [1.82, 2.24) is 4.90 Å². The number of hydrogen-bond acceptors (Lipinski definition) is 2. The summed E-state index contributed by atoms with van der Waals surface area (Å²) in [7, 11) is 1.52. The molecule has 0 radical (unpaired) electrons. The number of rotatable bonds is 2. The van der Waals surface area contributed by atoms with Gasteiger partial charge in [-0.1, -0.05) is 0 Å². The van der Waals surface area contributed by atoms with Crippen molar-refractivity contribution in [3.8, 4) is 6.07 Å². The Morgan fingerprint density at radius 3 is 2.57 bits per heavy atom. The van der Waals surface area contributed by atoms with Gasteiger partial charge < -0.3 is 4.90 Å². The first kappa shape index (κ1) is 10.2. The second-order valence-electron chi connectivity index (χ2n) is 2.83. The number of nitrogens with zero attached hydrogens (tertiary/aromatic N) is 2. The Morgan fingerprint density at radius 1 is 1.50 bits per heavy atom. The van der Waals surface area contributed by atoms with Gasteiger partial charge in [0.2, 0.25) is 0 Å². The Labute approximate surface area is 81.4 Å². The van der Waals surface area contributed by atoms with Gasteiger partial charge in [-0.25, -0.2) is 4.39 Å². The van der Waals surface area contributed by atoms with E-state index in [0.717, 1.165) is 0 Å². The van der Waals surface area contributed by atoms with Gasteiger partial charge in [0, 0.05) is 12.6 Å². The van der Waals surface area contributed by atoms with Crippen LogP contribution in [0, 0.1) is 17.1 Å². The van der Waals surface area contributed by atoms with Gasteiger partial charge in [-0.2, -0.15) is 5.26 Å². The molecule has 0 aliphatic heterocycles. The van der Waals surface area contributed by atoms with Crippen LogP contribution in [-0.2, 0) is 0 Å². The number of amides is 1. The lowest BCUT2D eigenvalue weighted by Crippen LogP contribution is -2.26. The normalized spacial score (nSPS) is 9.21. The molecule has 0 aromatic heterocycles. The van der Waals surface area contributed by atoms with E-state index in [0.29, 0.717) is 5.56 Å². The number of nitriles is 1. The summed E-state index contributed by atoms with van der Waals surface area (Å²) in [5.41, 5.74) is 0.379. The number of carbonyl (C=O) groups is 1. The number of carbonyl (C=O) groups excluding carboxylic acids is 1. The molecular weight excluding hydrogens is 183 g/mol. The molecule has 1 amide bonds. The van der Waals surface area contributed by atoms with E-state index in [4.69, 9.17) is 5.26 Å². The second-order valence-corrected chi connectivity index (χ2v) is 2.83. The predicted molar refractivity (Wildman–Crippen MR) is 49.0 cm³/mol. The van der Waals surface area contributed by atoms with Crippen molar-refractivity contribution in [2.24, 2.45) is 0 Å². The average molecular weight is 192 g/mol. The molecule has 0 bridgehead atoms. The smallest absolute Gasteiger partial charge is 0.254 e. The molecule has 0 spiro atoms. The molecule has 14 heavy (non-hydrogen) atoms. The fraction of sp³-hybridized carbons (Fsp3) is 0.200. The Hall–Kier alpha value is -1.89. The molecule has 4 heteroatoms.